The number of hydrogen-bond acceptors (Lipinski definition) is 4. The summed E-state index contributed by atoms with van der Waals surface area (Å²) in [7, 11) is 1.55. The van der Waals surface area contributed by atoms with Crippen LogP contribution in [0.1, 0.15) is 17.4 Å². The van der Waals surface area contributed by atoms with E-state index in [1.807, 2.05) is 13.2 Å². The molecule has 14 heavy (non-hydrogen) atoms. The van der Waals surface area contributed by atoms with E-state index < -0.39 is 0 Å². The van der Waals surface area contributed by atoms with Crippen molar-refractivity contribution in [1.29, 1.82) is 0 Å². The standard InChI is InChI=1S/C9H14N2O2S/c1-4-11-9(7(12)6-14-3)8(13-2)5-10-11/h5H,4,6H2,1-3H3. The van der Waals surface area contributed by atoms with E-state index in [0.717, 1.165) is 0 Å². The van der Waals surface area contributed by atoms with Crippen LogP contribution in [-0.4, -0.2) is 34.7 Å². The number of thioether (sulfide) groups is 1. The minimum atomic E-state index is 0.0636. The molecular formula is C9H14N2O2S. The van der Waals surface area contributed by atoms with Crippen molar-refractivity contribution in [3.05, 3.63) is 11.9 Å². The molecule has 1 rings (SSSR count). The molecule has 5 heteroatoms. The van der Waals surface area contributed by atoms with Gasteiger partial charge < -0.3 is 4.74 Å². The van der Waals surface area contributed by atoms with Gasteiger partial charge in [0.1, 0.15) is 5.69 Å². The monoisotopic (exact) mass is 214 g/mol. The Morgan fingerprint density at radius 2 is 2.43 bits per heavy atom. The van der Waals surface area contributed by atoms with Crippen LogP contribution in [0.15, 0.2) is 6.20 Å². The summed E-state index contributed by atoms with van der Waals surface area (Å²) in [6, 6.07) is 0. The summed E-state index contributed by atoms with van der Waals surface area (Å²) in [6.07, 6.45) is 3.48. The van der Waals surface area contributed by atoms with Crippen molar-refractivity contribution >= 4 is 17.5 Å². The number of nitrogens with zero attached hydrogens (tertiary/aromatic N) is 2. The highest BCUT2D eigenvalue weighted by Gasteiger charge is 2.17. The molecule has 0 N–H and O–H groups in total. The number of aromatic nitrogens is 2. The number of methoxy groups -OCH3 is 1. The average Bonchev–Trinajstić information content (AvgIpc) is 2.60. The normalized spacial score (nSPS) is 10.2. The van der Waals surface area contributed by atoms with Crippen molar-refractivity contribution in [2.45, 2.75) is 13.5 Å². The maximum absolute atomic E-state index is 11.7. The summed E-state index contributed by atoms with van der Waals surface area (Å²) in [5.74, 6) is 1.09. The molecule has 0 radical (unpaired) electrons. The number of aryl methyl sites for hydroxylation is 1. The molecule has 0 atom stereocenters. The topological polar surface area (TPSA) is 44.1 Å². The Morgan fingerprint density at radius 1 is 1.71 bits per heavy atom. The summed E-state index contributed by atoms with van der Waals surface area (Å²) < 4.78 is 6.75. The highest BCUT2D eigenvalue weighted by atomic mass is 32.2. The lowest BCUT2D eigenvalue weighted by Crippen LogP contribution is -2.12. The van der Waals surface area contributed by atoms with E-state index in [1.165, 1.54) is 11.8 Å². The molecule has 1 aromatic rings. The molecule has 0 bridgehead atoms. The SMILES string of the molecule is CCn1ncc(OC)c1C(=O)CSC. The zero-order valence-electron chi connectivity index (χ0n) is 8.61. The zero-order chi connectivity index (χ0) is 10.6. The number of ketones is 1. The molecule has 0 amide bonds. The molecule has 0 spiro atoms. The first-order valence-electron chi connectivity index (χ1n) is 4.36. The molecule has 0 unspecified atom stereocenters. The van der Waals surface area contributed by atoms with Crippen molar-refractivity contribution in [2.24, 2.45) is 0 Å². The molecule has 0 aliphatic rings. The molecule has 4 nitrogen and oxygen atoms in total. The Bertz CT molecular complexity index is 301. The number of rotatable bonds is 5. The zero-order valence-corrected chi connectivity index (χ0v) is 9.43. The van der Waals surface area contributed by atoms with Gasteiger partial charge in [0.25, 0.3) is 0 Å². The second kappa shape index (κ2) is 5.05. The van der Waals surface area contributed by atoms with Gasteiger partial charge in [-0.3, -0.25) is 9.48 Å². The first-order valence-corrected chi connectivity index (χ1v) is 5.75. The van der Waals surface area contributed by atoms with Crippen molar-refractivity contribution in [1.82, 2.24) is 9.78 Å². The molecule has 78 valence electrons. The van der Waals surface area contributed by atoms with Crippen molar-refractivity contribution in [3.63, 3.8) is 0 Å². The van der Waals surface area contributed by atoms with Crippen LogP contribution >= 0.6 is 11.8 Å². The van der Waals surface area contributed by atoms with Crippen molar-refractivity contribution < 1.29 is 9.53 Å². The van der Waals surface area contributed by atoms with E-state index in [9.17, 15) is 4.79 Å². The van der Waals surface area contributed by atoms with Crippen LogP contribution in [-0.2, 0) is 6.54 Å². The summed E-state index contributed by atoms with van der Waals surface area (Å²) in [5.41, 5.74) is 0.573. The number of carbonyl (C=O) groups is 1. The largest absolute Gasteiger partial charge is 0.493 e. The lowest BCUT2D eigenvalue weighted by atomic mass is 10.3. The summed E-state index contributed by atoms with van der Waals surface area (Å²) in [6.45, 7) is 2.63. The van der Waals surface area contributed by atoms with Gasteiger partial charge in [0.05, 0.1) is 19.1 Å². The summed E-state index contributed by atoms with van der Waals surface area (Å²) in [4.78, 5) is 11.7. The number of ether oxygens (including phenoxy) is 1. The van der Waals surface area contributed by atoms with Crippen LogP contribution in [0.25, 0.3) is 0 Å². The van der Waals surface area contributed by atoms with E-state index in [4.69, 9.17) is 4.74 Å². The quantitative estimate of drug-likeness (QED) is 0.696. The minimum absolute atomic E-state index is 0.0636. The van der Waals surface area contributed by atoms with Gasteiger partial charge in [-0.1, -0.05) is 0 Å². The van der Waals surface area contributed by atoms with Crippen LogP contribution in [0, 0.1) is 0 Å². The van der Waals surface area contributed by atoms with Gasteiger partial charge in [-0.2, -0.15) is 16.9 Å². The van der Waals surface area contributed by atoms with Gasteiger partial charge in [-0.25, -0.2) is 0 Å². The third-order valence-electron chi connectivity index (χ3n) is 1.86. The van der Waals surface area contributed by atoms with Crippen LogP contribution in [0.2, 0.25) is 0 Å². The smallest absolute Gasteiger partial charge is 0.194 e. The highest BCUT2D eigenvalue weighted by Crippen LogP contribution is 2.19. The van der Waals surface area contributed by atoms with Crippen molar-refractivity contribution in [2.75, 3.05) is 19.1 Å². The van der Waals surface area contributed by atoms with Gasteiger partial charge in [0.2, 0.25) is 0 Å². The molecule has 1 heterocycles. The third kappa shape index (κ3) is 2.09. The van der Waals surface area contributed by atoms with E-state index in [2.05, 4.69) is 5.10 Å². The fourth-order valence-corrected chi connectivity index (χ4v) is 1.64. The van der Waals surface area contributed by atoms with Crippen molar-refractivity contribution in [3.8, 4) is 5.75 Å². The molecule has 0 saturated heterocycles. The Balaban J connectivity index is 3.01. The first-order chi connectivity index (χ1) is 6.74. The second-order valence-electron chi connectivity index (χ2n) is 2.73. The molecule has 0 aromatic carbocycles. The molecular weight excluding hydrogens is 200 g/mol. The number of Topliss-reactive ketones (excluding diaryl/α,β-unsaturated/α-hetero) is 1. The molecule has 0 aliphatic carbocycles. The van der Waals surface area contributed by atoms with Crippen LogP contribution < -0.4 is 4.74 Å². The molecule has 1 aromatic heterocycles. The second-order valence-corrected chi connectivity index (χ2v) is 3.60. The fourth-order valence-electron chi connectivity index (χ4n) is 1.24. The van der Waals surface area contributed by atoms with Crippen LogP contribution in [0.3, 0.4) is 0 Å². The van der Waals surface area contributed by atoms with Gasteiger partial charge >= 0.3 is 0 Å². The van der Waals surface area contributed by atoms with Crippen LogP contribution in [0.4, 0.5) is 0 Å². The highest BCUT2D eigenvalue weighted by molar-refractivity contribution is 7.99. The Kier molecular flexibility index (Phi) is 4.00. The average molecular weight is 214 g/mol. The van der Waals surface area contributed by atoms with Crippen LogP contribution in [0.5, 0.6) is 5.75 Å². The maximum atomic E-state index is 11.7. The van der Waals surface area contributed by atoms with Gasteiger partial charge in [-0.05, 0) is 13.2 Å². The predicted octanol–water partition coefficient (Wildman–Crippen LogP) is 1.46. The molecule has 0 saturated carbocycles. The Labute approximate surface area is 87.6 Å². The van der Waals surface area contributed by atoms with E-state index in [1.54, 1.807) is 18.0 Å². The van der Waals surface area contributed by atoms with Gasteiger partial charge in [0, 0.05) is 6.54 Å². The Morgan fingerprint density at radius 3 is 2.93 bits per heavy atom. The number of hydrogen-bond donors (Lipinski definition) is 0. The third-order valence-corrected chi connectivity index (χ3v) is 2.42. The minimum Gasteiger partial charge on any atom is -0.493 e. The summed E-state index contributed by atoms with van der Waals surface area (Å²) in [5, 5.41) is 4.07. The lowest BCUT2D eigenvalue weighted by Gasteiger charge is -2.04. The first kappa shape index (κ1) is 11.1. The lowest BCUT2D eigenvalue weighted by molar-refractivity contribution is 0.100. The number of carbonyl (C=O) groups excluding carboxylic acids is 1. The Hall–Kier alpha value is -0.970. The van der Waals surface area contributed by atoms with E-state index in [-0.39, 0.29) is 5.78 Å². The van der Waals surface area contributed by atoms with E-state index in [0.29, 0.717) is 23.7 Å². The molecule has 0 aliphatic heterocycles. The molecule has 0 fully saturated rings. The fraction of sp³-hybridized carbons (Fsp3) is 0.556. The van der Waals surface area contributed by atoms with E-state index >= 15 is 0 Å². The van der Waals surface area contributed by atoms with Gasteiger partial charge in [0.15, 0.2) is 11.5 Å². The predicted molar refractivity (Wildman–Crippen MR) is 57.2 cm³/mol. The van der Waals surface area contributed by atoms with Gasteiger partial charge in [-0.15, -0.1) is 0 Å². The maximum Gasteiger partial charge on any atom is 0.194 e. The summed E-state index contributed by atoms with van der Waals surface area (Å²) >= 11 is 1.50.